The van der Waals surface area contributed by atoms with Gasteiger partial charge >= 0.3 is 5.97 Å². The highest BCUT2D eigenvalue weighted by molar-refractivity contribution is 6.22. The number of unbranched alkanes of at least 4 members (excludes halogenated alkanes) is 2. The van der Waals surface area contributed by atoms with Gasteiger partial charge in [-0.05, 0) is 25.0 Å². The lowest BCUT2D eigenvalue weighted by molar-refractivity contribution is -0.148. The van der Waals surface area contributed by atoms with Crippen molar-refractivity contribution in [2.24, 2.45) is 0 Å². The van der Waals surface area contributed by atoms with Gasteiger partial charge in [-0.1, -0.05) is 45.2 Å². The van der Waals surface area contributed by atoms with Crippen LogP contribution in [0.2, 0.25) is 0 Å². The average molecular weight is 317 g/mol. The first-order valence-electron chi connectivity index (χ1n) is 8.25. The molecule has 1 aromatic carbocycles. The second-order valence-electron chi connectivity index (χ2n) is 5.70. The molecule has 2 amide bonds. The van der Waals surface area contributed by atoms with Crippen molar-refractivity contribution in [2.45, 2.75) is 52.0 Å². The first-order valence-corrected chi connectivity index (χ1v) is 8.25. The van der Waals surface area contributed by atoms with Crippen molar-refractivity contribution >= 4 is 17.8 Å². The molecule has 1 unspecified atom stereocenters. The predicted molar refractivity (Wildman–Crippen MR) is 86.1 cm³/mol. The standard InChI is InChI=1S/C18H23NO4/c1-3-5-11-15(18(22)23-12-6-4-2)19-16(20)13-9-7-8-10-14(13)17(19)21/h7-10,15H,3-6,11-12H2,1-2H3. The molecule has 124 valence electrons. The molecule has 1 aromatic rings. The van der Waals surface area contributed by atoms with Crippen LogP contribution in [0.15, 0.2) is 24.3 Å². The summed E-state index contributed by atoms with van der Waals surface area (Å²) in [5.41, 5.74) is 0.723. The van der Waals surface area contributed by atoms with Crippen LogP contribution in [-0.4, -0.2) is 35.3 Å². The van der Waals surface area contributed by atoms with Crippen LogP contribution >= 0.6 is 0 Å². The summed E-state index contributed by atoms with van der Waals surface area (Å²) in [7, 11) is 0. The van der Waals surface area contributed by atoms with Crippen molar-refractivity contribution in [2.75, 3.05) is 6.61 Å². The summed E-state index contributed by atoms with van der Waals surface area (Å²) in [6.45, 7) is 4.33. The van der Waals surface area contributed by atoms with E-state index >= 15 is 0 Å². The van der Waals surface area contributed by atoms with E-state index in [9.17, 15) is 14.4 Å². The van der Waals surface area contributed by atoms with Gasteiger partial charge in [0.1, 0.15) is 6.04 Å². The third-order valence-corrected chi connectivity index (χ3v) is 3.98. The first-order chi connectivity index (χ1) is 11.1. The van der Waals surface area contributed by atoms with E-state index in [2.05, 4.69) is 0 Å². The van der Waals surface area contributed by atoms with Gasteiger partial charge in [-0.3, -0.25) is 14.5 Å². The molecule has 1 heterocycles. The van der Waals surface area contributed by atoms with Gasteiger partial charge in [-0.2, -0.15) is 0 Å². The fraction of sp³-hybridized carbons (Fsp3) is 0.500. The van der Waals surface area contributed by atoms with E-state index in [4.69, 9.17) is 4.74 Å². The fourth-order valence-electron chi connectivity index (χ4n) is 2.65. The maximum Gasteiger partial charge on any atom is 0.329 e. The van der Waals surface area contributed by atoms with Crippen molar-refractivity contribution < 1.29 is 19.1 Å². The van der Waals surface area contributed by atoms with Crippen molar-refractivity contribution in [3.8, 4) is 0 Å². The Bertz CT molecular complexity index is 561. The smallest absolute Gasteiger partial charge is 0.329 e. The van der Waals surface area contributed by atoms with Gasteiger partial charge in [0.25, 0.3) is 11.8 Å². The van der Waals surface area contributed by atoms with Crippen molar-refractivity contribution in [3.05, 3.63) is 35.4 Å². The van der Waals surface area contributed by atoms with E-state index in [0.29, 0.717) is 24.2 Å². The number of imide groups is 1. The molecule has 1 aliphatic rings. The summed E-state index contributed by atoms with van der Waals surface area (Å²) < 4.78 is 5.26. The topological polar surface area (TPSA) is 63.7 Å². The first kappa shape index (κ1) is 17.2. The van der Waals surface area contributed by atoms with Gasteiger partial charge in [0.05, 0.1) is 17.7 Å². The van der Waals surface area contributed by atoms with Crippen LogP contribution in [0, 0.1) is 0 Å². The highest BCUT2D eigenvalue weighted by Gasteiger charge is 2.42. The molecule has 5 nitrogen and oxygen atoms in total. The van der Waals surface area contributed by atoms with Crippen molar-refractivity contribution in [3.63, 3.8) is 0 Å². The monoisotopic (exact) mass is 317 g/mol. The molecule has 1 aliphatic heterocycles. The highest BCUT2D eigenvalue weighted by atomic mass is 16.5. The number of fused-ring (bicyclic) bond motifs is 1. The van der Waals surface area contributed by atoms with Gasteiger partial charge in [0.15, 0.2) is 0 Å². The second-order valence-corrected chi connectivity index (χ2v) is 5.70. The summed E-state index contributed by atoms with van der Waals surface area (Å²) in [6, 6.07) is 5.84. The Balaban J connectivity index is 2.21. The van der Waals surface area contributed by atoms with Crippen LogP contribution in [0.5, 0.6) is 0 Å². The molecule has 0 N–H and O–H groups in total. The normalized spacial score (nSPS) is 14.8. The Labute approximate surface area is 136 Å². The van der Waals surface area contributed by atoms with Crippen molar-refractivity contribution in [1.29, 1.82) is 0 Å². The summed E-state index contributed by atoms with van der Waals surface area (Å²) in [4.78, 5) is 38.5. The van der Waals surface area contributed by atoms with E-state index in [-0.39, 0.29) is 0 Å². The third-order valence-electron chi connectivity index (χ3n) is 3.98. The summed E-state index contributed by atoms with van der Waals surface area (Å²) in [5.74, 6) is -1.29. The minimum Gasteiger partial charge on any atom is -0.464 e. The highest BCUT2D eigenvalue weighted by Crippen LogP contribution is 2.26. The molecule has 0 saturated heterocycles. The summed E-state index contributed by atoms with van der Waals surface area (Å²) >= 11 is 0. The Kier molecular flexibility index (Phi) is 5.90. The number of carbonyl (C=O) groups is 3. The lowest BCUT2D eigenvalue weighted by Crippen LogP contribution is -2.45. The largest absolute Gasteiger partial charge is 0.464 e. The molecule has 5 heteroatoms. The maximum atomic E-state index is 12.5. The molecule has 0 aromatic heterocycles. The fourth-order valence-corrected chi connectivity index (χ4v) is 2.65. The number of hydrogen-bond donors (Lipinski definition) is 0. The number of esters is 1. The number of nitrogens with zero attached hydrogens (tertiary/aromatic N) is 1. The molecule has 0 bridgehead atoms. The Hall–Kier alpha value is -2.17. The van der Waals surface area contributed by atoms with E-state index in [1.807, 2.05) is 13.8 Å². The van der Waals surface area contributed by atoms with E-state index in [1.165, 1.54) is 0 Å². The molecule has 23 heavy (non-hydrogen) atoms. The van der Waals surface area contributed by atoms with E-state index in [0.717, 1.165) is 30.6 Å². The Morgan fingerprint density at radius 2 is 1.61 bits per heavy atom. The zero-order valence-corrected chi connectivity index (χ0v) is 13.7. The lowest BCUT2D eigenvalue weighted by atomic mass is 10.1. The van der Waals surface area contributed by atoms with Crippen LogP contribution in [0.3, 0.4) is 0 Å². The second kappa shape index (κ2) is 7.90. The van der Waals surface area contributed by atoms with Gasteiger partial charge < -0.3 is 4.74 Å². The van der Waals surface area contributed by atoms with Crippen LogP contribution in [0.25, 0.3) is 0 Å². The Morgan fingerprint density at radius 1 is 1.04 bits per heavy atom. The van der Waals surface area contributed by atoms with Gasteiger partial charge in [0, 0.05) is 0 Å². The maximum absolute atomic E-state index is 12.5. The summed E-state index contributed by atoms with van der Waals surface area (Å²) in [6.07, 6.45) is 3.75. The van der Waals surface area contributed by atoms with Crippen LogP contribution in [0.1, 0.15) is 66.7 Å². The quantitative estimate of drug-likeness (QED) is 0.420. The van der Waals surface area contributed by atoms with Gasteiger partial charge in [-0.25, -0.2) is 4.79 Å². The minimum atomic E-state index is -0.834. The molecular formula is C18H23NO4. The van der Waals surface area contributed by atoms with E-state index in [1.54, 1.807) is 24.3 Å². The summed E-state index contributed by atoms with van der Waals surface area (Å²) in [5, 5.41) is 0. The Morgan fingerprint density at radius 3 is 2.13 bits per heavy atom. The van der Waals surface area contributed by atoms with Crippen LogP contribution in [0.4, 0.5) is 0 Å². The molecule has 2 rings (SSSR count). The van der Waals surface area contributed by atoms with Crippen LogP contribution < -0.4 is 0 Å². The number of amides is 2. The molecule has 1 atom stereocenters. The molecule has 0 spiro atoms. The molecule has 0 aliphatic carbocycles. The van der Waals surface area contributed by atoms with Crippen molar-refractivity contribution in [1.82, 2.24) is 4.90 Å². The SMILES string of the molecule is CCCCOC(=O)C(CCCC)N1C(=O)c2ccccc2C1=O. The number of carbonyl (C=O) groups excluding carboxylic acids is 3. The average Bonchev–Trinajstić information content (AvgIpc) is 2.81. The number of benzene rings is 1. The molecule has 0 saturated carbocycles. The molecule has 0 radical (unpaired) electrons. The molecular weight excluding hydrogens is 294 g/mol. The number of rotatable bonds is 8. The lowest BCUT2D eigenvalue weighted by Gasteiger charge is -2.24. The van der Waals surface area contributed by atoms with Crippen LogP contribution in [-0.2, 0) is 9.53 Å². The minimum absolute atomic E-state index is 0.321. The predicted octanol–water partition coefficient (Wildman–Crippen LogP) is 3.18. The molecule has 0 fully saturated rings. The third kappa shape index (κ3) is 3.60. The zero-order chi connectivity index (χ0) is 16.8. The van der Waals surface area contributed by atoms with E-state index < -0.39 is 23.8 Å². The van der Waals surface area contributed by atoms with Gasteiger partial charge in [-0.15, -0.1) is 0 Å². The zero-order valence-electron chi connectivity index (χ0n) is 13.7. The number of hydrogen-bond acceptors (Lipinski definition) is 4. The van der Waals surface area contributed by atoms with Gasteiger partial charge in [0.2, 0.25) is 0 Å². The number of ether oxygens (including phenoxy) is 1.